The number of hydrogen-bond acceptors (Lipinski definition) is 7. The number of furan rings is 1. The van der Waals surface area contributed by atoms with Crippen molar-refractivity contribution in [3.05, 3.63) is 17.9 Å². The summed E-state index contributed by atoms with van der Waals surface area (Å²) in [6.07, 6.45) is 12.4. The van der Waals surface area contributed by atoms with Crippen molar-refractivity contribution in [2.45, 2.75) is 78.1 Å². The molecule has 0 atom stereocenters. The highest BCUT2D eigenvalue weighted by Gasteiger charge is 2.18. The normalized spacial score (nSPS) is 10.6. The van der Waals surface area contributed by atoms with E-state index >= 15 is 0 Å². The Morgan fingerprint density at radius 2 is 1.50 bits per heavy atom. The number of carbonyl (C=O) groups excluding carboxylic acids is 3. The minimum atomic E-state index is -0.767. The first-order chi connectivity index (χ1) is 15.5. The molecule has 0 radical (unpaired) electrons. The largest absolute Gasteiger partial charge is 0.465 e. The third-order valence-corrected chi connectivity index (χ3v) is 4.95. The maximum absolute atomic E-state index is 12.0. The van der Waals surface area contributed by atoms with Gasteiger partial charge in [0.1, 0.15) is 6.54 Å². The van der Waals surface area contributed by atoms with Gasteiger partial charge >= 0.3 is 11.9 Å². The molecule has 0 spiro atoms. The number of nitrogens with zero attached hydrogens (tertiary/aromatic N) is 1. The summed E-state index contributed by atoms with van der Waals surface area (Å²) in [5.74, 6) is -1.60. The van der Waals surface area contributed by atoms with E-state index in [1.165, 1.54) is 64.5 Å². The van der Waals surface area contributed by atoms with Gasteiger partial charge in [-0.2, -0.15) is 0 Å². The molecule has 1 amide bonds. The van der Waals surface area contributed by atoms with Crippen LogP contribution in [-0.4, -0.2) is 56.2 Å². The summed E-state index contributed by atoms with van der Waals surface area (Å²) in [7, 11) is 1.43. The van der Waals surface area contributed by atoms with Crippen LogP contribution in [0.4, 0.5) is 0 Å². The van der Waals surface area contributed by atoms with Gasteiger partial charge in [-0.3, -0.25) is 9.59 Å². The maximum atomic E-state index is 12.0. The van der Waals surface area contributed by atoms with Crippen LogP contribution in [0, 0.1) is 0 Å². The van der Waals surface area contributed by atoms with Crippen LogP contribution in [0.3, 0.4) is 0 Å². The van der Waals surface area contributed by atoms with Gasteiger partial charge in [0.25, 0.3) is 11.9 Å². The van der Waals surface area contributed by atoms with Gasteiger partial charge in [-0.15, -0.1) is 0 Å². The molecule has 0 saturated carbocycles. The lowest BCUT2D eigenvalue weighted by Gasteiger charge is -2.15. The first-order valence-electron chi connectivity index (χ1n) is 11.8. The minimum Gasteiger partial charge on any atom is -0.465 e. The van der Waals surface area contributed by atoms with Crippen LogP contribution in [0.1, 0.15) is 88.6 Å². The number of carbonyl (C=O) groups is 3. The topological polar surface area (TPSA) is 95.3 Å². The standard InChI is InChI=1S/C24H39NO7/c1-4-6-7-8-9-10-11-12-13-14-17-30-23-16-15-20(32-23)24(28)31-19-21(26)25(3)18-22(27)29-5-2/h15-16H,4-14,17-19H2,1-3H3. The molecule has 8 heteroatoms. The molecule has 0 aliphatic heterocycles. The molecule has 182 valence electrons. The van der Waals surface area contributed by atoms with Gasteiger partial charge in [0.2, 0.25) is 5.76 Å². The van der Waals surface area contributed by atoms with Crippen molar-refractivity contribution in [3.8, 4) is 5.95 Å². The number of amides is 1. The summed E-state index contributed by atoms with van der Waals surface area (Å²) in [5, 5.41) is 0. The minimum absolute atomic E-state index is 0.0380. The van der Waals surface area contributed by atoms with Crippen molar-refractivity contribution in [2.24, 2.45) is 0 Å². The van der Waals surface area contributed by atoms with Crippen LogP contribution >= 0.6 is 0 Å². The van der Waals surface area contributed by atoms with Crippen LogP contribution < -0.4 is 4.74 Å². The van der Waals surface area contributed by atoms with Gasteiger partial charge in [-0.1, -0.05) is 64.7 Å². The van der Waals surface area contributed by atoms with E-state index in [-0.39, 0.29) is 24.9 Å². The van der Waals surface area contributed by atoms with Crippen LogP contribution in [0.5, 0.6) is 5.95 Å². The van der Waals surface area contributed by atoms with Crippen molar-refractivity contribution >= 4 is 17.8 Å². The number of unbranched alkanes of at least 4 members (excludes halogenated alkanes) is 9. The Kier molecular flexibility index (Phi) is 14.7. The lowest BCUT2D eigenvalue weighted by molar-refractivity contribution is -0.148. The quantitative estimate of drug-likeness (QED) is 0.234. The first kappa shape index (κ1) is 27.5. The molecule has 1 rings (SSSR count). The predicted molar refractivity (Wildman–Crippen MR) is 121 cm³/mol. The fourth-order valence-electron chi connectivity index (χ4n) is 3.07. The molecule has 32 heavy (non-hydrogen) atoms. The molecule has 0 aliphatic carbocycles. The molecule has 1 heterocycles. The molecule has 0 unspecified atom stereocenters. The highest BCUT2D eigenvalue weighted by atomic mass is 16.6. The zero-order valence-electron chi connectivity index (χ0n) is 19.9. The highest BCUT2D eigenvalue weighted by Crippen LogP contribution is 2.18. The summed E-state index contributed by atoms with van der Waals surface area (Å²) in [4.78, 5) is 36.5. The molecule has 0 bridgehead atoms. The second-order valence-corrected chi connectivity index (χ2v) is 7.78. The second-order valence-electron chi connectivity index (χ2n) is 7.78. The van der Waals surface area contributed by atoms with E-state index in [0.29, 0.717) is 6.61 Å². The Morgan fingerprint density at radius 3 is 2.12 bits per heavy atom. The fourth-order valence-corrected chi connectivity index (χ4v) is 3.07. The molecule has 1 aromatic rings. The van der Waals surface area contributed by atoms with E-state index in [9.17, 15) is 14.4 Å². The SMILES string of the molecule is CCCCCCCCCCCCOc1ccc(C(=O)OCC(=O)N(C)CC(=O)OCC)o1. The third kappa shape index (κ3) is 12.4. The van der Waals surface area contributed by atoms with Crippen molar-refractivity contribution in [3.63, 3.8) is 0 Å². The van der Waals surface area contributed by atoms with Gasteiger partial charge in [0.15, 0.2) is 6.61 Å². The summed E-state index contributed by atoms with van der Waals surface area (Å²) in [5.41, 5.74) is 0. The van der Waals surface area contributed by atoms with Crippen LogP contribution in [0.25, 0.3) is 0 Å². The van der Waals surface area contributed by atoms with Crippen molar-refractivity contribution < 1.29 is 33.0 Å². The highest BCUT2D eigenvalue weighted by molar-refractivity contribution is 5.89. The number of ether oxygens (including phenoxy) is 3. The van der Waals surface area contributed by atoms with Gasteiger partial charge < -0.3 is 23.5 Å². The number of esters is 2. The molecule has 1 aromatic heterocycles. The molecule has 0 saturated heterocycles. The molecule has 8 nitrogen and oxygen atoms in total. The van der Waals surface area contributed by atoms with Gasteiger partial charge in [0, 0.05) is 13.1 Å². The van der Waals surface area contributed by atoms with E-state index in [0.717, 1.165) is 17.7 Å². The van der Waals surface area contributed by atoms with Gasteiger partial charge in [-0.25, -0.2) is 4.79 Å². The Morgan fingerprint density at radius 1 is 0.875 bits per heavy atom. The van der Waals surface area contributed by atoms with E-state index in [1.807, 2.05) is 0 Å². The predicted octanol–water partition coefficient (Wildman–Crippen LogP) is 4.76. The average molecular weight is 454 g/mol. The Labute approximate surface area is 191 Å². The smallest absolute Gasteiger partial charge is 0.374 e. The van der Waals surface area contributed by atoms with Crippen molar-refractivity contribution in [1.29, 1.82) is 0 Å². The molecular weight excluding hydrogens is 414 g/mol. The van der Waals surface area contributed by atoms with E-state index in [2.05, 4.69) is 6.92 Å². The number of likely N-dealkylation sites (N-methyl/N-ethyl adjacent to an activating group) is 1. The van der Waals surface area contributed by atoms with Gasteiger partial charge in [0.05, 0.1) is 13.2 Å². The second kappa shape index (κ2) is 17.1. The zero-order valence-corrected chi connectivity index (χ0v) is 19.9. The van der Waals surface area contributed by atoms with Crippen molar-refractivity contribution in [1.82, 2.24) is 4.90 Å². The number of hydrogen-bond donors (Lipinski definition) is 0. The third-order valence-electron chi connectivity index (χ3n) is 4.95. The van der Waals surface area contributed by atoms with Crippen LogP contribution in [-0.2, 0) is 19.1 Å². The summed E-state index contributed by atoms with van der Waals surface area (Å²) < 4.78 is 20.6. The lowest BCUT2D eigenvalue weighted by atomic mass is 10.1. The van der Waals surface area contributed by atoms with E-state index in [1.54, 1.807) is 13.0 Å². The fraction of sp³-hybridized carbons (Fsp3) is 0.708. The Balaban J connectivity index is 2.15. The van der Waals surface area contributed by atoms with Crippen LogP contribution in [0.2, 0.25) is 0 Å². The maximum Gasteiger partial charge on any atom is 0.374 e. The van der Waals surface area contributed by atoms with E-state index in [4.69, 9.17) is 18.6 Å². The Bertz CT molecular complexity index is 671. The average Bonchev–Trinajstić information content (AvgIpc) is 3.24. The summed E-state index contributed by atoms with van der Waals surface area (Å²) in [6, 6.07) is 3.00. The first-order valence-corrected chi connectivity index (χ1v) is 11.8. The van der Waals surface area contributed by atoms with E-state index < -0.39 is 24.5 Å². The summed E-state index contributed by atoms with van der Waals surface area (Å²) >= 11 is 0. The Hall–Kier alpha value is -2.51. The monoisotopic (exact) mass is 453 g/mol. The lowest BCUT2D eigenvalue weighted by Crippen LogP contribution is -2.36. The molecule has 0 N–H and O–H groups in total. The molecular formula is C24H39NO7. The zero-order chi connectivity index (χ0) is 23.6. The molecule has 0 fully saturated rings. The van der Waals surface area contributed by atoms with Gasteiger partial charge in [-0.05, 0) is 19.4 Å². The molecule has 0 aliphatic rings. The van der Waals surface area contributed by atoms with Crippen LogP contribution in [0.15, 0.2) is 16.5 Å². The molecule has 0 aromatic carbocycles. The van der Waals surface area contributed by atoms with Crippen molar-refractivity contribution in [2.75, 3.05) is 33.4 Å². The number of rotatable bonds is 18. The summed E-state index contributed by atoms with van der Waals surface area (Å²) in [6.45, 7) is 3.97.